The van der Waals surface area contributed by atoms with Crippen molar-refractivity contribution in [3.8, 4) is 5.75 Å². The second-order valence-electron chi connectivity index (χ2n) is 7.95. The molecular formula is C25H31FN2O4. The SMILES string of the molecule is C=CCN(C)C(=O)N(C)c1ccc(COc2cc(F)cc(C3(OC)CCOCC3)c2)cc1. The molecule has 2 amide bonds. The minimum atomic E-state index is -0.560. The average molecular weight is 443 g/mol. The van der Waals surface area contributed by atoms with Crippen LogP contribution in [0.25, 0.3) is 0 Å². The van der Waals surface area contributed by atoms with E-state index in [1.165, 1.54) is 12.1 Å². The van der Waals surface area contributed by atoms with Crippen molar-refractivity contribution >= 4 is 11.7 Å². The lowest BCUT2D eigenvalue weighted by atomic mass is 9.86. The molecule has 2 aromatic carbocycles. The summed E-state index contributed by atoms with van der Waals surface area (Å²) in [7, 11) is 5.10. The van der Waals surface area contributed by atoms with Gasteiger partial charge < -0.3 is 19.1 Å². The first kappa shape index (κ1) is 23.8. The number of anilines is 1. The number of carbonyl (C=O) groups excluding carboxylic acids is 1. The maximum atomic E-state index is 14.3. The molecule has 0 saturated carbocycles. The Morgan fingerprint density at radius 3 is 2.50 bits per heavy atom. The standard InChI is InChI=1S/C25H31FN2O4/c1-5-12-27(2)24(29)28(3)22-8-6-19(7-9-22)18-32-23-16-20(15-21(26)17-23)25(30-4)10-13-31-14-11-25/h5-9,15-17H,1,10-14,18H2,2-4H3. The van der Waals surface area contributed by atoms with Gasteiger partial charge in [0.25, 0.3) is 0 Å². The Balaban J connectivity index is 1.67. The number of benzene rings is 2. The van der Waals surface area contributed by atoms with Crippen LogP contribution < -0.4 is 9.64 Å². The van der Waals surface area contributed by atoms with Gasteiger partial charge in [-0.2, -0.15) is 0 Å². The van der Waals surface area contributed by atoms with E-state index in [2.05, 4.69) is 6.58 Å². The summed E-state index contributed by atoms with van der Waals surface area (Å²) in [4.78, 5) is 15.6. The van der Waals surface area contributed by atoms with E-state index in [-0.39, 0.29) is 18.5 Å². The monoisotopic (exact) mass is 442 g/mol. The molecule has 172 valence electrons. The average Bonchev–Trinajstić information content (AvgIpc) is 2.82. The van der Waals surface area contributed by atoms with Gasteiger partial charge in [-0.1, -0.05) is 18.2 Å². The number of urea groups is 1. The van der Waals surface area contributed by atoms with E-state index in [9.17, 15) is 9.18 Å². The van der Waals surface area contributed by atoms with Crippen LogP contribution in [0.4, 0.5) is 14.9 Å². The van der Waals surface area contributed by atoms with E-state index in [0.29, 0.717) is 38.3 Å². The second-order valence-corrected chi connectivity index (χ2v) is 7.95. The third kappa shape index (κ3) is 5.47. The second kappa shape index (κ2) is 10.6. The molecule has 1 saturated heterocycles. The molecule has 0 unspecified atom stereocenters. The van der Waals surface area contributed by atoms with E-state index in [1.54, 1.807) is 37.1 Å². The van der Waals surface area contributed by atoms with Crippen LogP contribution in [-0.4, -0.2) is 51.9 Å². The van der Waals surface area contributed by atoms with E-state index < -0.39 is 5.60 Å². The van der Waals surface area contributed by atoms with Crippen molar-refractivity contribution in [2.45, 2.75) is 25.0 Å². The van der Waals surface area contributed by atoms with Gasteiger partial charge in [0.15, 0.2) is 0 Å². The maximum Gasteiger partial charge on any atom is 0.324 e. The molecule has 0 atom stereocenters. The normalized spacial score (nSPS) is 15.1. The third-order valence-corrected chi connectivity index (χ3v) is 5.83. The summed E-state index contributed by atoms with van der Waals surface area (Å²) in [6, 6.07) is 12.1. The van der Waals surface area contributed by atoms with Gasteiger partial charge in [-0.15, -0.1) is 6.58 Å². The first-order valence-electron chi connectivity index (χ1n) is 10.6. The van der Waals surface area contributed by atoms with Gasteiger partial charge in [-0.05, 0) is 35.4 Å². The van der Waals surface area contributed by atoms with Crippen molar-refractivity contribution in [1.82, 2.24) is 4.90 Å². The topological polar surface area (TPSA) is 51.2 Å². The van der Waals surface area contributed by atoms with Crippen molar-refractivity contribution in [3.63, 3.8) is 0 Å². The minimum absolute atomic E-state index is 0.124. The number of amides is 2. The van der Waals surface area contributed by atoms with Gasteiger partial charge in [0.05, 0.1) is 5.60 Å². The Kier molecular flexibility index (Phi) is 7.88. The molecule has 1 heterocycles. The zero-order chi connectivity index (χ0) is 23.1. The van der Waals surface area contributed by atoms with Gasteiger partial charge in [-0.25, -0.2) is 9.18 Å². The van der Waals surface area contributed by atoms with Crippen LogP contribution in [-0.2, 0) is 21.7 Å². The van der Waals surface area contributed by atoms with Crippen LogP contribution in [0.1, 0.15) is 24.0 Å². The highest BCUT2D eigenvalue weighted by molar-refractivity contribution is 5.91. The lowest BCUT2D eigenvalue weighted by molar-refractivity contribution is -0.0950. The molecule has 0 aliphatic carbocycles. The van der Waals surface area contributed by atoms with Crippen LogP contribution in [0.5, 0.6) is 5.75 Å². The Hall–Kier alpha value is -2.90. The third-order valence-electron chi connectivity index (χ3n) is 5.83. The van der Waals surface area contributed by atoms with Gasteiger partial charge in [0, 0.05) is 65.6 Å². The fourth-order valence-electron chi connectivity index (χ4n) is 3.84. The van der Waals surface area contributed by atoms with Crippen LogP contribution in [0, 0.1) is 5.82 Å². The molecule has 32 heavy (non-hydrogen) atoms. The van der Waals surface area contributed by atoms with Crippen LogP contribution in [0.3, 0.4) is 0 Å². The number of rotatable bonds is 8. The quantitative estimate of drug-likeness (QED) is 0.555. The Morgan fingerprint density at radius 1 is 1.19 bits per heavy atom. The number of ether oxygens (including phenoxy) is 3. The summed E-state index contributed by atoms with van der Waals surface area (Å²) < 4.78 is 31.4. The lowest BCUT2D eigenvalue weighted by Gasteiger charge is -2.36. The molecule has 0 N–H and O–H groups in total. The molecule has 0 radical (unpaired) electrons. The summed E-state index contributed by atoms with van der Waals surface area (Å²) in [5, 5.41) is 0. The number of likely N-dealkylation sites (N-methyl/N-ethyl adjacent to an activating group) is 1. The van der Waals surface area contributed by atoms with Crippen molar-refractivity contribution in [2.75, 3.05) is 45.9 Å². The van der Waals surface area contributed by atoms with E-state index in [1.807, 2.05) is 30.3 Å². The summed E-state index contributed by atoms with van der Waals surface area (Å²) >= 11 is 0. The first-order chi connectivity index (χ1) is 15.4. The summed E-state index contributed by atoms with van der Waals surface area (Å²) in [6.45, 7) is 5.56. The fourth-order valence-corrected chi connectivity index (χ4v) is 3.84. The number of nitrogens with zero attached hydrogens (tertiary/aromatic N) is 2. The van der Waals surface area contributed by atoms with E-state index >= 15 is 0 Å². The zero-order valence-corrected chi connectivity index (χ0v) is 19.0. The Labute approximate surface area is 189 Å². The van der Waals surface area contributed by atoms with Crippen LogP contribution in [0.15, 0.2) is 55.1 Å². The zero-order valence-electron chi connectivity index (χ0n) is 19.0. The van der Waals surface area contributed by atoms with Crippen molar-refractivity contribution in [1.29, 1.82) is 0 Å². The molecule has 1 aliphatic heterocycles. The first-order valence-corrected chi connectivity index (χ1v) is 10.6. The molecule has 1 fully saturated rings. The lowest BCUT2D eigenvalue weighted by Crippen LogP contribution is -2.38. The molecule has 2 aromatic rings. The van der Waals surface area contributed by atoms with Gasteiger partial charge in [0.2, 0.25) is 0 Å². The summed E-state index contributed by atoms with van der Waals surface area (Å²) in [5.74, 6) is 0.0879. The minimum Gasteiger partial charge on any atom is -0.489 e. The summed E-state index contributed by atoms with van der Waals surface area (Å²) in [6.07, 6.45) is 3.02. The molecule has 0 bridgehead atoms. The van der Waals surface area contributed by atoms with E-state index in [4.69, 9.17) is 14.2 Å². The van der Waals surface area contributed by atoms with Gasteiger partial charge in [0.1, 0.15) is 18.2 Å². The largest absolute Gasteiger partial charge is 0.489 e. The molecule has 0 aromatic heterocycles. The summed E-state index contributed by atoms with van der Waals surface area (Å²) in [5.41, 5.74) is 1.88. The van der Waals surface area contributed by atoms with Gasteiger partial charge >= 0.3 is 6.03 Å². The number of carbonyl (C=O) groups is 1. The number of halogens is 1. The van der Waals surface area contributed by atoms with Crippen molar-refractivity contribution < 1.29 is 23.4 Å². The van der Waals surface area contributed by atoms with Crippen molar-refractivity contribution in [3.05, 3.63) is 72.1 Å². The molecule has 3 rings (SSSR count). The van der Waals surface area contributed by atoms with Crippen molar-refractivity contribution in [2.24, 2.45) is 0 Å². The molecule has 6 nitrogen and oxygen atoms in total. The Morgan fingerprint density at radius 2 is 1.88 bits per heavy atom. The molecular weight excluding hydrogens is 411 g/mol. The predicted molar refractivity (Wildman–Crippen MR) is 123 cm³/mol. The van der Waals surface area contributed by atoms with Crippen LogP contribution >= 0.6 is 0 Å². The number of hydrogen-bond acceptors (Lipinski definition) is 4. The van der Waals surface area contributed by atoms with E-state index in [0.717, 1.165) is 16.8 Å². The Bertz CT molecular complexity index is 926. The predicted octanol–water partition coefficient (Wildman–Crippen LogP) is 4.73. The highest BCUT2D eigenvalue weighted by Crippen LogP contribution is 2.37. The van der Waals surface area contributed by atoms with Gasteiger partial charge in [-0.3, -0.25) is 4.90 Å². The maximum absolute atomic E-state index is 14.3. The molecule has 0 spiro atoms. The highest BCUT2D eigenvalue weighted by Gasteiger charge is 2.35. The smallest absolute Gasteiger partial charge is 0.324 e. The van der Waals surface area contributed by atoms with Crippen LogP contribution in [0.2, 0.25) is 0 Å². The molecule has 1 aliphatic rings. The number of methoxy groups -OCH3 is 1. The highest BCUT2D eigenvalue weighted by atomic mass is 19.1. The number of hydrogen-bond donors (Lipinski definition) is 0. The molecule has 7 heteroatoms. The fraction of sp³-hybridized carbons (Fsp3) is 0.400.